The Kier molecular flexibility index (Phi) is 3.24. The van der Waals surface area contributed by atoms with Crippen molar-refractivity contribution < 1.29 is 4.39 Å². The molecule has 1 aliphatic rings. The molecule has 0 bridgehead atoms. The number of aromatic nitrogens is 1. The number of nitrogens with zero attached hydrogens (tertiary/aromatic N) is 2. The average Bonchev–Trinajstić information content (AvgIpc) is 3.03. The van der Waals surface area contributed by atoms with Gasteiger partial charge in [0.2, 0.25) is 0 Å². The third kappa shape index (κ3) is 2.24. The van der Waals surface area contributed by atoms with Crippen LogP contribution in [0.1, 0.15) is 23.4 Å². The maximum atomic E-state index is 13.4. The number of hydrogen-bond donors (Lipinski definition) is 1. The third-order valence-electron chi connectivity index (χ3n) is 3.54. The molecule has 5 heteroatoms. The minimum Gasteiger partial charge on any atom is -0.317 e. The van der Waals surface area contributed by atoms with Gasteiger partial charge in [-0.25, -0.2) is 9.37 Å². The first kappa shape index (κ1) is 12.6. The second-order valence-electron chi connectivity index (χ2n) is 4.73. The highest BCUT2D eigenvalue weighted by molar-refractivity contribution is 7.15. The monoisotopic (exact) mass is 277 g/mol. The molecule has 1 aromatic carbocycles. The van der Waals surface area contributed by atoms with Gasteiger partial charge < -0.3 is 10.2 Å². The van der Waals surface area contributed by atoms with E-state index in [0.29, 0.717) is 6.04 Å². The van der Waals surface area contributed by atoms with Crippen LogP contribution in [0.25, 0.3) is 0 Å². The lowest BCUT2D eigenvalue weighted by Gasteiger charge is -2.15. The van der Waals surface area contributed by atoms with Crippen molar-refractivity contribution >= 4 is 22.2 Å². The number of anilines is 2. The molecule has 0 amide bonds. The van der Waals surface area contributed by atoms with Gasteiger partial charge in [0.1, 0.15) is 5.82 Å². The fraction of sp³-hybridized carbons (Fsp3) is 0.357. The van der Waals surface area contributed by atoms with Crippen LogP contribution in [0.5, 0.6) is 0 Å². The number of halogens is 1. The quantitative estimate of drug-likeness (QED) is 0.933. The van der Waals surface area contributed by atoms with Crippen LogP contribution in [0.15, 0.2) is 24.4 Å². The molecule has 1 N–H and O–H groups in total. The molecule has 0 fully saturated rings. The second-order valence-corrected chi connectivity index (χ2v) is 5.77. The second kappa shape index (κ2) is 4.90. The van der Waals surface area contributed by atoms with E-state index >= 15 is 0 Å². The molecule has 0 saturated heterocycles. The topological polar surface area (TPSA) is 28.2 Å². The molecule has 19 heavy (non-hydrogen) atoms. The fourth-order valence-corrected chi connectivity index (χ4v) is 3.31. The minimum atomic E-state index is -0.189. The Labute approximate surface area is 116 Å². The molecule has 1 unspecified atom stereocenters. The van der Waals surface area contributed by atoms with Crippen LogP contribution in [-0.4, -0.2) is 18.6 Å². The number of thiazole rings is 1. The summed E-state index contributed by atoms with van der Waals surface area (Å²) in [6, 6.07) is 5.29. The molecule has 1 aliphatic heterocycles. The van der Waals surface area contributed by atoms with E-state index in [-0.39, 0.29) is 5.82 Å². The van der Waals surface area contributed by atoms with Gasteiger partial charge in [0.05, 0.1) is 0 Å². The highest BCUT2D eigenvalue weighted by atomic mass is 32.1. The van der Waals surface area contributed by atoms with E-state index in [4.69, 9.17) is 0 Å². The van der Waals surface area contributed by atoms with Gasteiger partial charge in [0, 0.05) is 29.3 Å². The van der Waals surface area contributed by atoms with Gasteiger partial charge in [-0.2, -0.15) is 0 Å². The molecule has 0 saturated carbocycles. The highest BCUT2D eigenvalue weighted by Crippen LogP contribution is 2.37. The number of benzene rings is 1. The van der Waals surface area contributed by atoms with Crippen LogP contribution in [0.2, 0.25) is 0 Å². The molecular weight excluding hydrogens is 261 g/mol. The van der Waals surface area contributed by atoms with Crippen LogP contribution in [0, 0.1) is 5.82 Å². The molecular formula is C14H16FN3S. The maximum absolute atomic E-state index is 13.4. The zero-order valence-electron chi connectivity index (χ0n) is 11.0. The summed E-state index contributed by atoms with van der Waals surface area (Å²) in [5.74, 6) is -0.189. The zero-order chi connectivity index (χ0) is 13.4. The minimum absolute atomic E-state index is 0.189. The standard InChI is InChI=1S/C14H16FN3S/c1-9(16-2)13-8-17-14(19-13)18-6-5-10-3-4-11(15)7-12(10)18/h3-4,7-9,16H,5-6H2,1-2H3. The van der Waals surface area contributed by atoms with E-state index in [0.717, 1.165) is 23.8 Å². The van der Waals surface area contributed by atoms with E-state index in [1.54, 1.807) is 17.4 Å². The van der Waals surface area contributed by atoms with E-state index in [2.05, 4.69) is 22.1 Å². The molecule has 0 aliphatic carbocycles. The molecule has 0 spiro atoms. The summed E-state index contributed by atoms with van der Waals surface area (Å²) >= 11 is 1.66. The summed E-state index contributed by atoms with van der Waals surface area (Å²) in [7, 11) is 1.94. The van der Waals surface area contributed by atoms with Gasteiger partial charge in [-0.05, 0) is 38.1 Å². The Bertz CT molecular complexity index is 596. The van der Waals surface area contributed by atoms with Crippen LogP contribution in [0.3, 0.4) is 0 Å². The van der Waals surface area contributed by atoms with E-state index in [1.165, 1.54) is 16.5 Å². The van der Waals surface area contributed by atoms with E-state index < -0.39 is 0 Å². The Morgan fingerprint density at radius 3 is 3.11 bits per heavy atom. The first-order chi connectivity index (χ1) is 9.19. The highest BCUT2D eigenvalue weighted by Gasteiger charge is 2.23. The summed E-state index contributed by atoms with van der Waals surface area (Å²) in [5.41, 5.74) is 2.15. The Morgan fingerprint density at radius 1 is 1.47 bits per heavy atom. The lowest BCUT2D eigenvalue weighted by atomic mass is 10.2. The van der Waals surface area contributed by atoms with Crippen molar-refractivity contribution in [1.29, 1.82) is 0 Å². The summed E-state index contributed by atoms with van der Waals surface area (Å²) in [6.45, 7) is 2.98. The Morgan fingerprint density at radius 2 is 2.32 bits per heavy atom. The summed E-state index contributed by atoms with van der Waals surface area (Å²) in [5, 5.41) is 4.15. The smallest absolute Gasteiger partial charge is 0.190 e. The van der Waals surface area contributed by atoms with Crippen LogP contribution in [-0.2, 0) is 6.42 Å². The average molecular weight is 277 g/mol. The van der Waals surface area contributed by atoms with Gasteiger partial charge in [0.15, 0.2) is 5.13 Å². The molecule has 0 radical (unpaired) electrons. The van der Waals surface area contributed by atoms with E-state index in [1.807, 2.05) is 19.3 Å². The van der Waals surface area contributed by atoms with Gasteiger partial charge in [0.25, 0.3) is 0 Å². The van der Waals surface area contributed by atoms with Crippen molar-refractivity contribution in [1.82, 2.24) is 10.3 Å². The maximum Gasteiger partial charge on any atom is 0.190 e. The number of nitrogens with one attached hydrogen (secondary N) is 1. The van der Waals surface area contributed by atoms with Gasteiger partial charge in [-0.15, -0.1) is 0 Å². The SMILES string of the molecule is CNC(C)c1cnc(N2CCc3ccc(F)cc32)s1. The van der Waals surface area contributed by atoms with Gasteiger partial charge in [-0.1, -0.05) is 17.4 Å². The van der Waals surface area contributed by atoms with Gasteiger partial charge in [-0.3, -0.25) is 0 Å². The lowest BCUT2D eigenvalue weighted by Crippen LogP contribution is -2.13. The van der Waals surface area contributed by atoms with Crippen LogP contribution < -0.4 is 10.2 Å². The Hall–Kier alpha value is -1.46. The normalized spacial score (nSPS) is 15.6. The molecule has 2 aromatic rings. The molecule has 100 valence electrons. The lowest BCUT2D eigenvalue weighted by molar-refractivity contribution is 0.628. The van der Waals surface area contributed by atoms with E-state index in [9.17, 15) is 4.39 Å². The predicted molar refractivity (Wildman–Crippen MR) is 76.7 cm³/mol. The van der Waals surface area contributed by atoms with Crippen molar-refractivity contribution in [3.8, 4) is 0 Å². The Balaban J connectivity index is 1.93. The molecule has 2 heterocycles. The summed E-state index contributed by atoms with van der Waals surface area (Å²) in [4.78, 5) is 7.78. The number of rotatable bonds is 3. The van der Waals surface area contributed by atoms with Crippen LogP contribution in [0.4, 0.5) is 15.2 Å². The molecule has 3 nitrogen and oxygen atoms in total. The molecule has 3 rings (SSSR count). The van der Waals surface area contributed by atoms with Crippen molar-refractivity contribution in [2.45, 2.75) is 19.4 Å². The van der Waals surface area contributed by atoms with Crippen molar-refractivity contribution in [3.05, 3.63) is 40.7 Å². The van der Waals surface area contributed by atoms with Crippen molar-refractivity contribution in [2.75, 3.05) is 18.5 Å². The van der Waals surface area contributed by atoms with Gasteiger partial charge >= 0.3 is 0 Å². The first-order valence-corrected chi connectivity index (χ1v) is 7.19. The summed E-state index contributed by atoms with van der Waals surface area (Å²) < 4.78 is 13.4. The van der Waals surface area contributed by atoms with Crippen molar-refractivity contribution in [2.24, 2.45) is 0 Å². The van der Waals surface area contributed by atoms with Crippen LogP contribution >= 0.6 is 11.3 Å². The largest absolute Gasteiger partial charge is 0.317 e. The number of fused-ring (bicyclic) bond motifs is 1. The third-order valence-corrected chi connectivity index (χ3v) is 4.75. The fourth-order valence-electron chi connectivity index (χ4n) is 2.30. The molecule has 1 atom stereocenters. The van der Waals surface area contributed by atoms with Crippen molar-refractivity contribution in [3.63, 3.8) is 0 Å². The predicted octanol–water partition coefficient (Wildman–Crippen LogP) is 3.26. The number of hydrogen-bond acceptors (Lipinski definition) is 4. The molecule has 1 aromatic heterocycles. The first-order valence-electron chi connectivity index (χ1n) is 6.38. The zero-order valence-corrected chi connectivity index (χ0v) is 11.8. The summed E-state index contributed by atoms with van der Waals surface area (Å²) in [6.07, 6.45) is 2.85.